The summed E-state index contributed by atoms with van der Waals surface area (Å²) in [5.41, 5.74) is 4.03. The van der Waals surface area contributed by atoms with Crippen molar-refractivity contribution >= 4 is 17.1 Å². The van der Waals surface area contributed by atoms with Crippen LogP contribution in [0.5, 0.6) is 0 Å². The van der Waals surface area contributed by atoms with Crippen molar-refractivity contribution in [2.75, 3.05) is 20.3 Å². The summed E-state index contributed by atoms with van der Waals surface area (Å²) in [5.74, 6) is 1.15. The van der Waals surface area contributed by atoms with Crippen molar-refractivity contribution < 1.29 is 9.53 Å². The predicted molar refractivity (Wildman–Crippen MR) is 105 cm³/mol. The van der Waals surface area contributed by atoms with Crippen LogP contribution < -0.4 is 0 Å². The number of aryl methyl sites for hydroxylation is 1. The van der Waals surface area contributed by atoms with Gasteiger partial charge in [-0.2, -0.15) is 5.10 Å². The van der Waals surface area contributed by atoms with Gasteiger partial charge in [0, 0.05) is 56.9 Å². The summed E-state index contributed by atoms with van der Waals surface area (Å²) in [5, 5.41) is 7.08. The molecule has 1 amide bonds. The Hall–Kier alpha value is -2.74. The molecule has 4 heterocycles. The highest BCUT2D eigenvalue weighted by Crippen LogP contribution is 2.22. The van der Waals surface area contributed by atoms with Crippen molar-refractivity contribution in [3.05, 3.63) is 41.6 Å². The Balaban J connectivity index is 1.41. The van der Waals surface area contributed by atoms with E-state index in [-0.39, 0.29) is 11.9 Å². The third kappa shape index (κ3) is 3.64. The van der Waals surface area contributed by atoms with E-state index in [1.165, 1.54) is 0 Å². The third-order valence-corrected chi connectivity index (χ3v) is 5.31. The van der Waals surface area contributed by atoms with Gasteiger partial charge in [0.25, 0.3) is 0 Å². The van der Waals surface area contributed by atoms with Gasteiger partial charge in [0.1, 0.15) is 11.3 Å². The van der Waals surface area contributed by atoms with Crippen LogP contribution >= 0.6 is 0 Å². The summed E-state index contributed by atoms with van der Waals surface area (Å²) in [6, 6.07) is 4.01. The highest BCUT2D eigenvalue weighted by atomic mass is 16.5. The van der Waals surface area contributed by atoms with Crippen LogP contribution in [0, 0.1) is 0 Å². The van der Waals surface area contributed by atoms with Crippen LogP contribution in [0.25, 0.3) is 11.2 Å². The van der Waals surface area contributed by atoms with Crippen LogP contribution in [0.1, 0.15) is 42.9 Å². The van der Waals surface area contributed by atoms with E-state index in [0.717, 1.165) is 54.1 Å². The number of nitrogens with zero attached hydrogens (tertiary/aromatic N) is 5. The largest absolute Gasteiger partial charge is 0.383 e. The SMILES string of the molecule is COC[C@H](C)n1c(CCCC(=O)N2CCc3[nH]ncc3C2)nc2cccnc21. The molecule has 0 fully saturated rings. The Morgan fingerprint density at radius 3 is 3.18 bits per heavy atom. The van der Waals surface area contributed by atoms with E-state index < -0.39 is 0 Å². The summed E-state index contributed by atoms with van der Waals surface area (Å²) in [6.07, 6.45) is 6.46. The smallest absolute Gasteiger partial charge is 0.222 e. The highest BCUT2D eigenvalue weighted by molar-refractivity contribution is 5.76. The van der Waals surface area contributed by atoms with Crippen molar-refractivity contribution in [2.24, 2.45) is 0 Å². The number of amides is 1. The number of hydrogen-bond acceptors (Lipinski definition) is 5. The molecule has 4 rings (SSSR count). The zero-order valence-corrected chi connectivity index (χ0v) is 16.4. The van der Waals surface area contributed by atoms with Crippen LogP contribution in [0.3, 0.4) is 0 Å². The second kappa shape index (κ2) is 8.10. The van der Waals surface area contributed by atoms with E-state index >= 15 is 0 Å². The summed E-state index contributed by atoms with van der Waals surface area (Å²) in [7, 11) is 1.70. The quantitative estimate of drug-likeness (QED) is 0.677. The van der Waals surface area contributed by atoms with Gasteiger partial charge in [0.2, 0.25) is 5.91 Å². The number of methoxy groups -OCH3 is 1. The first kappa shape index (κ1) is 18.6. The molecule has 1 aliphatic rings. The average molecular weight is 382 g/mol. The van der Waals surface area contributed by atoms with Crippen LogP contribution in [-0.4, -0.2) is 55.8 Å². The molecule has 0 spiro atoms. The molecule has 1 atom stereocenters. The first-order chi connectivity index (χ1) is 13.7. The molecular formula is C20H26N6O2. The van der Waals surface area contributed by atoms with E-state index in [4.69, 9.17) is 9.72 Å². The Kier molecular flexibility index (Phi) is 5.38. The van der Waals surface area contributed by atoms with E-state index in [1.807, 2.05) is 23.2 Å². The number of hydrogen-bond donors (Lipinski definition) is 1. The second-order valence-corrected chi connectivity index (χ2v) is 7.34. The zero-order chi connectivity index (χ0) is 19.5. The molecule has 8 heteroatoms. The number of pyridine rings is 1. The molecule has 148 valence electrons. The number of fused-ring (bicyclic) bond motifs is 2. The van der Waals surface area contributed by atoms with E-state index in [2.05, 4.69) is 26.7 Å². The molecule has 0 aliphatic carbocycles. The first-order valence-corrected chi connectivity index (χ1v) is 9.77. The molecule has 8 nitrogen and oxygen atoms in total. The molecule has 0 saturated heterocycles. The number of imidazole rings is 1. The number of rotatable bonds is 7. The standard InChI is InChI=1S/C20H26N6O2/c1-14(13-28-2)26-18(23-17-5-4-9-21-20(17)26)6-3-7-19(27)25-10-8-16-15(12-25)11-22-24-16/h4-5,9,11,14H,3,6-8,10,12-13H2,1-2H3,(H,22,24)/t14-/m0/s1. The minimum atomic E-state index is 0.136. The number of H-pyrrole nitrogens is 1. The lowest BCUT2D eigenvalue weighted by Gasteiger charge is -2.26. The number of aromatic amines is 1. The zero-order valence-electron chi connectivity index (χ0n) is 16.4. The fourth-order valence-corrected chi connectivity index (χ4v) is 3.92. The Bertz CT molecular complexity index is 963. The van der Waals surface area contributed by atoms with E-state index in [9.17, 15) is 4.79 Å². The topological polar surface area (TPSA) is 88.9 Å². The van der Waals surface area contributed by atoms with Gasteiger partial charge in [-0.25, -0.2) is 9.97 Å². The number of carbonyl (C=O) groups is 1. The van der Waals surface area contributed by atoms with Crippen LogP contribution in [0.4, 0.5) is 0 Å². The Morgan fingerprint density at radius 2 is 2.32 bits per heavy atom. The monoisotopic (exact) mass is 382 g/mol. The van der Waals surface area contributed by atoms with Gasteiger partial charge in [0.05, 0.1) is 18.8 Å². The number of nitrogens with one attached hydrogen (secondary N) is 1. The molecule has 0 bridgehead atoms. The molecular weight excluding hydrogens is 356 g/mol. The predicted octanol–water partition coefficient (Wildman–Crippen LogP) is 2.27. The second-order valence-electron chi connectivity index (χ2n) is 7.34. The summed E-state index contributed by atoms with van der Waals surface area (Å²) in [4.78, 5) is 23.8. The normalized spacial score (nSPS) is 15.0. The number of ether oxygens (including phenoxy) is 1. The lowest BCUT2D eigenvalue weighted by molar-refractivity contribution is -0.132. The maximum Gasteiger partial charge on any atom is 0.222 e. The third-order valence-electron chi connectivity index (χ3n) is 5.31. The molecule has 1 N–H and O–H groups in total. The molecule has 3 aromatic heterocycles. The molecule has 3 aromatic rings. The molecule has 0 radical (unpaired) electrons. The fourth-order valence-electron chi connectivity index (χ4n) is 3.92. The summed E-state index contributed by atoms with van der Waals surface area (Å²) < 4.78 is 7.47. The molecule has 0 unspecified atom stereocenters. The number of carbonyl (C=O) groups excluding carboxylic acids is 1. The van der Waals surface area contributed by atoms with Crippen molar-refractivity contribution in [3.63, 3.8) is 0 Å². The van der Waals surface area contributed by atoms with Crippen molar-refractivity contribution in [2.45, 2.75) is 45.2 Å². The average Bonchev–Trinajstić information content (AvgIpc) is 3.31. The summed E-state index contributed by atoms with van der Waals surface area (Å²) in [6.45, 7) is 4.10. The van der Waals surface area contributed by atoms with Gasteiger partial charge in [0.15, 0.2) is 5.65 Å². The number of aromatic nitrogens is 5. The van der Waals surface area contributed by atoms with Crippen LogP contribution in [0.2, 0.25) is 0 Å². The van der Waals surface area contributed by atoms with Crippen molar-refractivity contribution in [1.29, 1.82) is 0 Å². The van der Waals surface area contributed by atoms with Gasteiger partial charge < -0.3 is 14.2 Å². The van der Waals surface area contributed by atoms with Gasteiger partial charge in [-0.05, 0) is 25.5 Å². The summed E-state index contributed by atoms with van der Waals surface area (Å²) >= 11 is 0. The molecule has 0 aromatic carbocycles. The maximum absolute atomic E-state index is 12.6. The van der Waals surface area contributed by atoms with Crippen molar-refractivity contribution in [1.82, 2.24) is 29.6 Å². The fraction of sp³-hybridized carbons (Fsp3) is 0.500. The molecule has 28 heavy (non-hydrogen) atoms. The van der Waals surface area contributed by atoms with E-state index in [1.54, 1.807) is 13.3 Å². The molecule has 1 aliphatic heterocycles. The highest BCUT2D eigenvalue weighted by Gasteiger charge is 2.22. The minimum absolute atomic E-state index is 0.136. The Labute approximate surface area is 163 Å². The lowest BCUT2D eigenvalue weighted by Crippen LogP contribution is -2.35. The minimum Gasteiger partial charge on any atom is -0.383 e. The molecule has 0 saturated carbocycles. The van der Waals surface area contributed by atoms with Gasteiger partial charge >= 0.3 is 0 Å². The van der Waals surface area contributed by atoms with Gasteiger partial charge in [-0.3, -0.25) is 9.89 Å². The van der Waals surface area contributed by atoms with Gasteiger partial charge in [-0.15, -0.1) is 0 Å². The van der Waals surface area contributed by atoms with Crippen LogP contribution in [0.15, 0.2) is 24.5 Å². The first-order valence-electron chi connectivity index (χ1n) is 9.77. The maximum atomic E-state index is 12.6. The van der Waals surface area contributed by atoms with Crippen molar-refractivity contribution in [3.8, 4) is 0 Å². The lowest BCUT2D eigenvalue weighted by atomic mass is 10.1. The van der Waals surface area contributed by atoms with Crippen LogP contribution in [-0.2, 0) is 28.9 Å². The Morgan fingerprint density at radius 1 is 1.43 bits per heavy atom. The van der Waals surface area contributed by atoms with Gasteiger partial charge in [-0.1, -0.05) is 0 Å². The van der Waals surface area contributed by atoms with E-state index in [0.29, 0.717) is 19.6 Å².